The molecule has 0 bridgehead atoms. The normalized spacial score (nSPS) is 12.3. The smallest absolute Gasteiger partial charge is 0.268 e. The number of fused-ring (bicyclic) bond motifs is 1. The van der Waals surface area contributed by atoms with Crippen molar-refractivity contribution in [3.05, 3.63) is 92.8 Å². The van der Waals surface area contributed by atoms with E-state index in [0.717, 1.165) is 17.0 Å². The molecule has 1 amide bonds. The van der Waals surface area contributed by atoms with Gasteiger partial charge in [-0.2, -0.15) is 5.26 Å². The Bertz CT molecular complexity index is 1400. The maximum Gasteiger partial charge on any atom is 0.268 e. The summed E-state index contributed by atoms with van der Waals surface area (Å²) >= 11 is 1.26. The lowest BCUT2D eigenvalue weighted by Gasteiger charge is -2.10. The van der Waals surface area contributed by atoms with Gasteiger partial charge in [0.1, 0.15) is 28.5 Å². The van der Waals surface area contributed by atoms with Gasteiger partial charge in [0.05, 0.1) is 10.9 Å². The molecule has 0 fully saturated rings. The van der Waals surface area contributed by atoms with Crippen LogP contribution in [0.5, 0.6) is 0 Å². The molecule has 7 nitrogen and oxygen atoms in total. The summed E-state index contributed by atoms with van der Waals surface area (Å²) in [6, 6.07) is 18.6. The fraction of sp³-hybridized carbons (Fsp3) is 0.125. The van der Waals surface area contributed by atoms with Gasteiger partial charge in [-0.25, -0.2) is 0 Å². The van der Waals surface area contributed by atoms with Crippen LogP contribution in [0, 0.1) is 11.3 Å². The Morgan fingerprint density at radius 2 is 1.94 bits per heavy atom. The van der Waals surface area contributed by atoms with Crippen LogP contribution in [-0.4, -0.2) is 16.1 Å². The molecule has 158 valence electrons. The Hall–Kier alpha value is -4.09. The van der Waals surface area contributed by atoms with Gasteiger partial charge >= 0.3 is 0 Å². The lowest BCUT2D eigenvalue weighted by molar-refractivity contribution is -0.112. The SMILES string of the molecule is CCC(c1ccccc1)c1nnc(NC(=O)/C(C#N)=C\c2coc3ccccc3c2=O)s1. The summed E-state index contributed by atoms with van der Waals surface area (Å²) in [5.74, 6) is -0.608. The summed E-state index contributed by atoms with van der Waals surface area (Å²) in [5.41, 5.74) is 1.11. The van der Waals surface area contributed by atoms with Crippen molar-refractivity contribution in [1.29, 1.82) is 5.26 Å². The van der Waals surface area contributed by atoms with Gasteiger partial charge in [0.15, 0.2) is 5.43 Å². The first kappa shape index (κ1) is 21.2. The number of nitrogens with zero attached hydrogens (tertiary/aromatic N) is 3. The van der Waals surface area contributed by atoms with E-state index in [1.165, 1.54) is 23.7 Å². The third-order valence-electron chi connectivity index (χ3n) is 4.94. The van der Waals surface area contributed by atoms with E-state index in [1.54, 1.807) is 24.3 Å². The molecule has 32 heavy (non-hydrogen) atoms. The number of anilines is 1. The molecular weight excluding hydrogens is 424 g/mol. The predicted molar refractivity (Wildman–Crippen MR) is 123 cm³/mol. The second kappa shape index (κ2) is 9.37. The highest BCUT2D eigenvalue weighted by Crippen LogP contribution is 2.31. The van der Waals surface area contributed by atoms with Crippen molar-refractivity contribution >= 4 is 39.4 Å². The molecule has 1 unspecified atom stereocenters. The highest BCUT2D eigenvalue weighted by molar-refractivity contribution is 7.15. The second-order valence-electron chi connectivity index (χ2n) is 6.96. The molecule has 2 aromatic heterocycles. The van der Waals surface area contributed by atoms with Crippen molar-refractivity contribution in [2.45, 2.75) is 19.3 Å². The van der Waals surface area contributed by atoms with Crippen LogP contribution in [0.3, 0.4) is 0 Å². The Balaban J connectivity index is 1.57. The molecule has 0 aliphatic carbocycles. The molecule has 4 aromatic rings. The number of nitriles is 1. The van der Waals surface area contributed by atoms with Gasteiger partial charge in [0.2, 0.25) is 5.13 Å². The number of para-hydroxylation sites is 1. The van der Waals surface area contributed by atoms with E-state index in [9.17, 15) is 14.9 Å². The largest absolute Gasteiger partial charge is 0.463 e. The van der Waals surface area contributed by atoms with Crippen LogP contribution in [0.1, 0.15) is 35.4 Å². The standard InChI is InChI=1S/C24H18N4O3S/c1-2-18(15-8-4-3-5-9-15)23-27-28-24(32-23)26-22(30)16(13-25)12-17-14-31-20-11-7-6-10-19(20)21(17)29/h3-12,14,18H,2H2,1H3,(H,26,28,30)/b16-12-. The van der Waals surface area contributed by atoms with Gasteiger partial charge in [0, 0.05) is 5.92 Å². The summed E-state index contributed by atoms with van der Waals surface area (Å²) in [7, 11) is 0. The van der Waals surface area contributed by atoms with E-state index in [2.05, 4.69) is 22.4 Å². The topological polar surface area (TPSA) is 109 Å². The Morgan fingerprint density at radius 3 is 2.69 bits per heavy atom. The zero-order valence-corrected chi connectivity index (χ0v) is 17.9. The zero-order chi connectivity index (χ0) is 22.5. The van der Waals surface area contributed by atoms with Gasteiger partial charge in [-0.3, -0.25) is 14.9 Å². The predicted octanol–water partition coefficient (Wildman–Crippen LogP) is 4.73. The van der Waals surface area contributed by atoms with Crippen molar-refractivity contribution in [1.82, 2.24) is 10.2 Å². The summed E-state index contributed by atoms with van der Waals surface area (Å²) in [4.78, 5) is 25.3. The van der Waals surface area contributed by atoms with E-state index in [0.29, 0.717) is 11.0 Å². The molecule has 1 atom stereocenters. The quantitative estimate of drug-likeness (QED) is 0.341. The van der Waals surface area contributed by atoms with Crippen molar-refractivity contribution in [3.63, 3.8) is 0 Å². The molecule has 8 heteroatoms. The molecule has 0 aliphatic heterocycles. The molecule has 1 N–H and O–H groups in total. The average Bonchev–Trinajstić information content (AvgIpc) is 3.28. The number of hydrogen-bond donors (Lipinski definition) is 1. The van der Waals surface area contributed by atoms with Gasteiger partial charge in [-0.05, 0) is 30.2 Å². The molecular formula is C24H18N4O3S. The summed E-state index contributed by atoms with van der Waals surface area (Å²) < 4.78 is 5.45. The van der Waals surface area contributed by atoms with Crippen LogP contribution in [0.25, 0.3) is 17.0 Å². The van der Waals surface area contributed by atoms with Gasteiger partial charge in [-0.1, -0.05) is 60.7 Å². The number of nitrogens with one attached hydrogen (secondary N) is 1. The highest BCUT2D eigenvalue weighted by Gasteiger charge is 2.19. The second-order valence-corrected chi connectivity index (χ2v) is 7.97. The van der Waals surface area contributed by atoms with E-state index < -0.39 is 5.91 Å². The Labute approximate surface area is 187 Å². The summed E-state index contributed by atoms with van der Waals surface area (Å²) in [5, 5.41) is 21.8. The number of carbonyl (C=O) groups is 1. The van der Waals surface area contributed by atoms with Crippen LogP contribution < -0.4 is 10.7 Å². The highest BCUT2D eigenvalue weighted by atomic mass is 32.1. The van der Waals surface area contributed by atoms with Crippen LogP contribution in [-0.2, 0) is 4.79 Å². The lowest BCUT2D eigenvalue weighted by Crippen LogP contribution is -2.14. The number of benzene rings is 2. The molecule has 0 spiro atoms. The molecule has 4 rings (SSSR count). The van der Waals surface area contributed by atoms with Crippen molar-refractivity contribution in [2.75, 3.05) is 5.32 Å². The number of carbonyl (C=O) groups excluding carboxylic acids is 1. The fourth-order valence-corrected chi connectivity index (χ4v) is 4.28. The third-order valence-corrected chi connectivity index (χ3v) is 5.89. The molecule has 0 aliphatic rings. The first-order valence-electron chi connectivity index (χ1n) is 9.92. The first-order valence-corrected chi connectivity index (χ1v) is 10.7. The Kier molecular flexibility index (Phi) is 6.19. The van der Waals surface area contributed by atoms with E-state index in [4.69, 9.17) is 4.42 Å². The molecule has 2 aromatic carbocycles. The molecule has 0 radical (unpaired) electrons. The van der Waals surface area contributed by atoms with Crippen LogP contribution in [0.4, 0.5) is 5.13 Å². The molecule has 0 saturated heterocycles. The monoisotopic (exact) mass is 442 g/mol. The number of hydrogen-bond acceptors (Lipinski definition) is 7. The lowest BCUT2D eigenvalue weighted by atomic mass is 9.97. The van der Waals surface area contributed by atoms with E-state index in [1.807, 2.05) is 36.4 Å². The first-order chi connectivity index (χ1) is 15.6. The maximum absolute atomic E-state index is 12.6. The number of amides is 1. The summed E-state index contributed by atoms with van der Waals surface area (Å²) in [6.07, 6.45) is 3.28. The fourth-order valence-electron chi connectivity index (χ4n) is 3.33. The van der Waals surface area contributed by atoms with Gasteiger partial charge in [-0.15, -0.1) is 10.2 Å². The minimum absolute atomic E-state index is 0.0626. The minimum Gasteiger partial charge on any atom is -0.463 e. The maximum atomic E-state index is 12.6. The molecule has 0 saturated carbocycles. The van der Waals surface area contributed by atoms with E-state index in [-0.39, 0.29) is 27.6 Å². The van der Waals surface area contributed by atoms with Crippen molar-refractivity contribution in [2.24, 2.45) is 0 Å². The summed E-state index contributed by atoms with van der Waals surface area (Å²) in [6.45, 7) is 2.06. The zero-order valence-electron chi connectivity index (χ0n) is 17.1. The third kappa shape index (κ3) is 4.33. The van der Waals surface area contributed by atoms with Crippen LogP contribution in [0.2, 0.25) is 0 Å². The number of aromatic nitrogens is 2. The number of rotatable bonds is 6. The minimum atomic E-state index is -0.671. The Morgan fingerprint density at radius 1 is 1.19 bits per heavy atom. The van der Waals surface area contributed by atoms with Crippen molar-refractivity contribution in [3.8, 4) is 6.07 Å². The average molecular weight is 443 g/mol. The van der Waals surface area contributed by atoms with E-state index >= 15 is 0 Å². The molecule has 2 heterocycles. The van der Waals surface area contributed by atoms with Crippen LogP contribution >= 0.6 is 11.3 Å². The van der Waals surface area contributed by atoms with Crippen molar-refractivity contribution < 1.29 is 9.21 Å². The van der Waals surface area contributed by atoms with Gasteiger partial charge in [0.25, 0.3) is 5.91 Å². The van der Waals surface area contributed by atoms with Gasteiger partial charge < -0.3 is 4.42 Å². The van der Waals surface area contributed by atoms with Crippen LogP contribution in [0.15, 0.2) is 75.6 Å².